The highest BCUT2D eigenvalue weighted by atomic mass is 14.2. The molecule has 2 radical (unpaired) electrons. The van der Waals surface area contributed by atoms with Crippen LogP contribution in [0.5, 0.6) is 0 Å². The standard InChI is InChI=1S/C16H8/c1-2-8-13-12(7-1)14-9-3-5-11-6-4-10-15(13)16(11)14/h1-3,5-9H. The van der Waals surface area contributed by atoms with Gasteiger partial charge in [-0.3, -0.25) is 0 Å². The fourth-order valence-corrected chi connectivity index (χ4v) is 2.58. The van der Waals surface area contributed by atoms with E-state index in [1.54, 1.807) is 0 Å². The van der Waals surface area contributed by atoms with Gasteiger partial charge < -0.3 is 0 Å². The molecule has 0 amide bonds. The van der Waals surface area contributed by atoms with Gasteiger partial charge in [0.25, 0.3) is 0 Å². The molecule has 0 heterocycles. The van der Waals surface area contributed by atoms with Gasteiger partial charge in [-0.2, -0.15) is 0 Å². The summed E-state index contributed by atoms with van der Waals surface area (Å²) in [7, 11) is 0. The Morgan fingerprint density at radius 1 is 0.750 bits per heavy atom. The minimum atomic E-state index is 1.20. The van der Waals surface area contributed by atoms with Crippen LogP contribution in [0.2, 0.25) is 0 Å². The zero-order valence-electron chi connectivity index (χ0n) is 8.62. The molecule has 0 unspecified atom stereocenters. The first-order valence-corrected chi connectivity index (χ1v) is 5.40. The van der Waals surface area contributed by atoms with Crippen molar-refractivity contribution in [2.24, 2.45) is 0 Å². The Bertz CT molecular complexity index is 650. The van der Waals surface area contributed by atoms with Gasteiger partial charge in [-0.15, -0.1) is 0 Å². The molecule has 1 aliphatic rings. The van der Waals surface area contributed by atoms with Gasteiger partial charge in [-0.1, -0.05) is 42.5 Å². The van der Waals surface area contributed by atoms with E-state index in [-0.39, 0.29) is 0 Å². The second-order valence-electron chi connectivity index (χ2n) is 4.10. The topological polar surface area (TPSA) is 0 Å². The average molecular weight is 200 g/mol. The molecule has 0 atom stereocenters. The molecule has 0 saturated carbocycles. The van der Waals surface area contributed by atoms with Crippen LogP contribution in [0.3, 0.4) is 0 Å². The molecule has 1 aliphatic carbocycles. The Kier molecular flexibility index (Phi) is 1.39. The summed E-state index contributed by atoms with van der Waals surface area (Å²) in [6.45, 7) is 0. The first-order chi connectivity index (χ1) is 7.95. The van der Waals surface area contributed by atoms with Crippen LogP contribution in [0.15, 0.2) is 48.5 Å². The number of hydrogen-bond acceptors (Lipinski definition) is 0. The molecule has 0 heteroatoms. The molecule has 0 fully saturated rings. The molecule has 0 nitrogen and oxygen atoms in total. The van der Waals surface area contributed by atoms with E-state index < -0.39 is 0 Å². The van der Waals surface area contributed by atoms with Crippen molar-refractivity contribution in [1.82, 2.24) is 0 Å². The maximum Gasteiger partial charge on any atom is -0.000696 e. The molecule has 3 aromatic rings. The van der Waals surface area contributed by atoms with Gasteiger partial charge in [0.15, 0.2) is 0 Å². The van der Waals surface area contributed by atoms with Crippen LogP contribution in [-0.2, 0) is 0 Å². The van der Waals surface area contributed by atoms with E-state index in [4.69, 9.17) is 0 Å². The minimum Gasteiger partial charge on any atom is -0.0616 e. The quantitative estimate of drug-likeness (QED) is 0.401. The third-order valence-electron chi connectivity index (χ3n) is 3.26. The minimum absolute atomic E-state index is 1.20. The van der Waals surface area contributed by atoms with E-state index in [0.29, 0.717) is 0 Å². The molecule has 16 heavy (non-hydrogen) atoms. The summed E-state index contributed by atoms with van der Waals surface area (Å²) in [4.78, 5) is 0. The van der Waals surface area contributed by atoms with Crippen molar-refractivity contribution >= 4 is 10.8 Å². The molecule has 4 rings (SSSR count). The Labute approximate surface area is 94.2 Å². The monoisotopic (exact) mass is 200 g/mol. The molecule has 0 aromatic heterocycles. The van der Waals surface area contributed by atoms with E-state index in [1.165, 1.54) is 33.0 Å². The molecule has 0 spiro atoms. The number of rotatable bonds is 0. The smallest absolute Gasteiger partial charge is 0.000696 e. The molecule has 0 aliphatic heterocycles. The lowest BCUT2D eigenvalue weighted by Gasteiger charge is -1.99. The molecule has 3 aromatic carbocycles. The number of fused-ring (bicyclic) bond motifs is 3. The summed E-state index contributed by atoms with van der Waals surface area (Å²) < 4.78 is 0. The van der Waals surface area contributed by atoms with Crippen molar-refractivity contribution in [3.05, 3.63) is 60.7 Å². The summed E-state index contributed by atoms with van der Waals surface area (Å²) in [5, 5.41) is 2.57. The molecular weight excluding hydrogens is 192 g/mol. The van der Waals surface area contributed by atoms with E-state index in [9.17, 15) is 0 Å². The highest BCUT2D eigenvalue weighted by Gasteiger charge is 2.19. The molecule has 0 saturated heterocycles. The second kappa shape index (κ2) is 2.73. The van der Waals surface area contributed by atoms with Gasteiger partial charge in [0, 0.05) is 0 Å². The fourth-order valence-electron chi connectivity index (χ4n) is 2.58. The van der Waals surface area contributed by atoms with Crippen LogP contribution in [0.25, 0.3) is 33.0 Å². The Balaban J connectivity index is 2.31. The van der Waals surface area contributed by atoms with Crippen molar-refractivity contribution in [2.45, 2.75) is 0 Å². The van der Waals surface area contributed by atoms with E-state index >= 15 is 0 Å². The van der Waals surface area contributed by atoms with Crippen LogP contribution in [-0.4, -0.2) is 0 Å². The third kappa shape index (κ3) is 0.849. The lowest BCUT2D eigenvalue weighted by Crippen LogP contribution is -1.74. The zero-order valence-corrected chi connectivity index (χ0v) is 8.62. The van der Waals surface area contributed by atoms with Gasteiger partial charge in [-0.05, 0) is 51.2 Å². The Morgan fingerprint density at radius 2 is 1.56 bits per heavy atom. The van der Waals surface area contributed by atoms with Gasteiger partial charge in [0.05, 0.1) is 0 Å². The summed E-state index contributed by atoms with van der Waals surface area (Å²) in [5.41, 5.74) is 5.13. The highest BCUT2D eigenvalue weighted by molar-refractivity contribution is 6.14. The van der Waals surface area contributed by atoms with Crippen molar-refractivity contribution in [2.75, 3.05) is 0 Å². The zero-order chi connectivity index (χ0) is 10.5. The predicted octanol–water partition coefficient (Wildman–Crippen LogP) is 4.09. The number of benzene rings is 3. The molecular formula is C16H8. The maximum absolute atomic E-state index is 3.24. The van der Waals surface area contributed by atoms with Crippen LogP contribution in [0.4, 0.5) is 0 Å². The SMILES string of the molecule is [c]1[c]c2c3c(cccc3c1)-c1ccccc1-2. The average Bonchev–Trinajstić information content (AvgIpc) is 2.68. The van der Waals surface area contributed by atoms with Gasteiger partial charge in [0.1, 0.15) is 0 Å². The molecule has 0 bridgehead atoms. The summed E-state index contributed by atoms with van der Waals surface area (Å²) in [6.07, 6.45) is 0. The van der Waals surface area contributed by atoms with E-state index in [0.717, 1.165) is 0 Å². The summed E-state index contributed by atoms with van der Waals surface area (Å²) in [5.74, 6) is 0. The largest absolute Gasteiger partial charge is 0.0616 e. The second-order valence-corrected chi connectivity index (χ2v) is 4.10. The van der Waals surface area contributed by atoms with Crippen molar-refractivity contribution < 1.29 is 0 Å². The maximum atomic E-state index is 3.24. The van der Waals surface area contributed by atoms with Crippen molar-refractivity contribution in [3.8, 4) is 22.3 Å². The predicted molar refractivity (Wildman–Crippen MR) is 66.1 cm³/mol. The Morgan fingerprint density at radius 3 is 2.50 bits per heavy atom. The highest BCUT2D eigenvalue weighted by Crippen LogP contribution is 2.46. The Hall–Kier alpha value is -2.08. The van der Waals surface area contributed by atoms with Gasteiger partial charge in [-0.25, -0.2) is 0 Å². The third-order valence-corrected chi connectivity index (χ3v) is 3.26. The van der Waals surface area contributed by atoms with Gasteiger partial charge >= 0.3 is 0 Å². The summed E-state index contributed by atoms with van der Waals surface area (Å²) >= 11 is 0. The molecule has 72 valence electrons. The van der Waals surface area contributed by atoms with Crippen LogP contribution >= 0.6 is 0 Å². The molecule has 0 N–H and O–H groups in total. The summed E-state index contributed by atoms with van der Waals surface area (Å²) in [6, 6.07) is 23.3. The lowest BCUT2D eigenvalue weighted by molar-refractivity contribution is 1.69. The van der Waals surface area contributed by atoms with Crippen LogP contribution in [0, 0.1) is 12.1 Å². The van der Waals surface area contributed by atoms with E-state index in [1.807, 2.05) is 6.07 Å². The fraction of sp³-hybridized carbons (Fsp3) is 0. The van der Waals surface area contributed by atoms with Gasteiger partial charge in [0.2, 0.25) is 0 Å². The number of hydrogen-bond donors (Lipinski definition) is 0. The first-order valence-electron chi connectivity index (χ1n) is 5.40. The van der Waals surface area contributed by atoms with E-state index in [2.05, 4.69) is 54.6 Å². The van der Waals surface area contributed by atoms with Crippen molar-refractivity contribution in [1.29, 1.82) is 0 Å². The van der Waals surface area contributed by atoms with Crippen molar-refractivity contribution in [3.63, 3.8) is 0 Å². The first kappa shape index (κ1) is 8.12. The normalized spacial score (nSPS) is 11.8. The lowest BCUT2D eigenvalue weighted by atomic mass is 10.0. The van der Waals surface area contributed by atoms with Crippen LogP contribution < -0.4 is 0 Å². The van der Waals surface area contributed by atoms with Crippen LogP contribution in [0.1, 0.15) is 0 Å².